The SMILES string of the molecule is CCCCCCCc1nc2ccccc2[se]1. The third-order valence-electron chi connectivity index (χ3n) is 2.83. The van der Waals surface area contributed by atoms with E-state index in [0.29, 0.717) is 14.5 Å². The van der Waals surface area contributed by atoms with Crippen molar-refractivity contribution in [2.75, 3.05) is 0 Å². The van der Waals surface area contributed by atoms with Gasteiger partial charge in [-0.3, -0.25) is 0 Å². The zero-order valence-electron chi connectivity index (χ0n) is 9.91. The van der Waals surface area contributed by atoms with Crippen LogP contribution in [0.15, 0.2) is 24.3 Å². The van der Waals surface area contributed by atoms with Crippen molar-refractivity contribution in [3.05, 3.63) is 28.8 Å². The van der Waals surface area contributed by atoms with Crippen LogP contribution in [0.1, 0.15) is 43.6 Å². The Labute approximate surface area is 104 Å². The number of aryl methyl sites for hydroxylation is 1. The number of rotatable bonds is 6. The van der Waals surface area contributed by atoms with Crippen LogP contribution >= 0.6 is 0 Å². The Kier molecular flexibility index (Phi) is 4.62. The van der Waals surface area contributed by atoms with Crippen LogP contribution < -0.4 is 0 Å². The van der Waals surface area contributed by atoms with Gasteiger partial charge in [0.1, 0.15) is 0 Å². The number of nitrogens with zero attached hydrogens (tertiary/aromatic N) is 1. The molecule has 0 unspecified atom stereocenters. The second kappa shape index (κ2) is 6.22. The first-order valence-electron chi connectivity index (χ1n) is 6.24. The summed E-state index contributed by atoms with van der Waals surface area (Å²) in [6.45, 7) is 2.26. The minimum atomic E-state index is 0.515. The van der Waals surface area contributed by atoms with Crippen LogP contribution in [0.4, 0.5) is 0 Å². The molecular weight excluding hydrogens is 261 g/mol. The van der Waals surface area contributed by atoms with Crippen molar-refractivity contribution in [3.63, 3.8) is 0 Å². The summed E-state index contributed by atoms with van der Waals surface area (Å²) >= 11 is 0.515. The zero-order chi connectivity index (χ0) is 11.2. The molecule has 0 saturated carbocycles. The molecule has 1 heterocycles. The van der Waals surface area contributed by atoms with E-state index in [4.69, 9.17) is 4.98 Å². The monoisotopic (exact) mass is 281 g/mol. The second-order valence-electron chi connectivity index (χ2n) is 4.24. The molecule has 0 radical (unpaired) electrons. The predicted octanol–water partition coefficient (Wildman–Crippen LogP) is 3.80. The molecule has 0 spiro atoms. The Morgan fingerprint density at radius 2 is 1.88 bits per heavy atom. The quantitative estimate of drug-likeness (QED) is 0.579. The number of hydrogen-bond acceptors (Lipinski definition) is 1. The first kappa shape index (κ1) is 11.9. The van der Waals surface area contributed by atoms with Gasteiger partial charge in [-0.2, -0.15) is 0 Å². The summed E-state index contributed by atoms with van der Waals surface area (Å²) in [5.74, 6) is 0. The third-order valence-corrected chi connectivity index (χ3v) is 5.13. The molecule has 0 N–H and O–H groups in total. The molecule has 0 saturated heterocycles. The van der Waals surface area contributed by atoms with Gasteiger partial charge >= 0.3 is 104 Å². The van der Waals surface area contributed by atoms with Crippen LogP contribution in [0.2, 0.25) is 0 Å². The summed E-state index contributed by atoms with van der Waals surface area (Å²) in [6, 6.07) is 8.58. The van der Waals surface area contributed by atoms with Crippen LogP contribution in [0.5, 0.6) is 0 Å². The number of fused-ring (bicyclic) bond motifs is 1. The molecule has 0 bridgehead atoms. The standard InChI is InChI=1S/C14H19NSe/c1-2-3-4-5-6-11-14-15-12-9-7-8-10-13(12)16-14/h7-10H,2-6,11H2,1H3. The number of aromatic nitrogens is 1. The summed E-state index contributed by atoms with van der Waals surface area (Å²) in [6.07, 6.45) is 8.03. The van der Waals surface area contributed by atoms with Gasteiger partial charge in [-0.15, -0.1) is 0 Å². The number of hydrogen-bond donors (Lipinski definition) is 0. The van der Waals surface area contributed by atoms with E-state index in [9.17, 15) is 0 Å². The Morgan fingerprint density at radius 3 is 2.69 bits per heavy atom. The molecule has 0 fully saturated rings. The summed E-state index contributed by atoms with van der Waals surface area (Å²) < 4.78 is 2.92. The van der Waals surface area contributed by atoms with E-state index in [-0.39, 0.29) is 0 Å². The zero-order valence-corrected chi connectivity index (χ0v) is 11.6. The third kappa shape index (κ3) is 3.20. The van der Waals surface area contributed by atoms with Crippen molar-refractivity contribution >= 4 is 24.3 Å². The maximum atomic E-state index is 4.71. The van der Waals surface area contributed by atoms with Gasteiger partial charge in [0.2, 0.25) is 0 Å². The molecule has 86 valence electrons. The molecule has 0 aliphatic heterocycles. The van der Waals surface area contributed by atoms with E-state index >= 15 is 0 Å². The van der Waals surface area contributed by atoms with Gasteiger partial charge in [0.05, 0.1) is 0 Å². The average Bonchev–Trinajstić information content (AvgIpc) is 2.71. The van der Waals surface area contributed by atoms with Crippen molar-refractivity contribution in [3.8, 4) is 0 Å². The fourth-order valence-corrected chi connectivity index (χ4v) is 4.02. The maximum absolute atomic E-state index is 4.71. The van der Waals surface area contributed by atoms with Crippen LogP contribution in [-0.4, -0.2) is 19.5 Å². The molecule has 0 amide bonds. The number of unbranched alkanes of at least 4 members (excludes halogenated alkanes) is 4. The van der Waals surface area contributed by atoms with E-state index in [0.717, 1.165) is 0 Å². The topological polar surface area (TPSA) is 12.9 Å². The molecule has 1 aromatic carbocycles. The van der Waals surface area contributed by atoms with Crippen molar-refractivity contribution in [1.29, 1.82) is 0 Å². The number of para-hydroxylation sites is 1. The van der Waals surface area contributed by atoms with Gasteiger partial charge in [-0.1, -0.05) is 0 Å². The van der Waals surface area contributed by atoms with Gasteiger partial charge in [0, 0.05) is 0 Å². The molecule has 1 nitrogen and oxygen atoms in total. The first-order chi connectivity index (χ1) is 7.90. The molecule has 1 aromatic heterocycles. The van der Waals surface area contributed by atoms with E-state index < -0.39 is 0 Å². The summed E-state index contributed by atoms with van der Waals surface area (Å²) in [5, 5.41) is 0. The summed E-state index contributed by atoms with van der Waals surface area (Å²) in [5.41, 5.74) is 1.23. The van der Waals surface area contributed by atoms with Crippen molar-refractivity contribution in [2.24, 2.45) is 0 Å². The van der Waals surface area contributed by atoms with Gasteiger partial charge in [0.25, 0.3) is 0 Å². The summed E-state index contributed by atoms with van der Waals surface area (Å²) in [7, 11) is 0. The molecule has 2 aromatic rings. The average molecular weight is 280 g/mol. The fourth-order valence-electron chi connectivity index (χ4n) is 1.91. The predicted molar refractivity (Wildman–Crippen MR) is 71.1 cm³/mol. The van der Waals surface area contributed by atoms with Gasteiger partial charge < -0.3 is 0 Å². The molecule has 0 aliphatic rings. The molecule has 2 rings (SSSR count). The van der Waals surface area contributed by atoms with E-state index in [2.05, 4.69) is 31.2 Å². The van der Waals surface area contributed by atoms with Crippen LogP contribution in [0.3, 0.4) is 0 Å². The minimum absolute atomic E-state index is 0.515. The molecule has 0 aliphatic carbocycles. The molecule has 2 heteroatoms. The Hall–Kier alpha value is -0.591. The van der Waals surface area contributed by atoms with Crippen LogP contribution in [0, 0.1) is 0 Å². The molecule has 16 heavy (non-hydrogen) atoms. The number of benzene rings is 1. The Morgan fingerprint density at radius 1 is 1.06 bits per heavy atom. The Balaban J connectivity index is 1.85. The van der Waals surface area contributed by atoms with E-state index in [1.54, 1.807) is 0 Å². The second-order valence-corrected chi connectivity index (χ2v) is 6.58. The van der Waals surface area contributed by atoms with Crippen LogP contribution in [0.25, 0.3) is 9.78 Å². The van der Waals surface area contributed by atoms with Gasteiger partial charge in [-0.25, -0.2) is 0 Å². The van der Waals surface area contributed by atoms with Gasteiger partial charge in [0.15, 0.2) is 0 Å². The molecule has 0 atom stereocenters. The van der Waals surface area contributed by atoms with E-state index in [1.165, 1.54) is 52.9 Å². The van der Waals surface area contributed by atoms with E-state index in [1.807, 2.05) is 0 Å². The normalized spacial score (nSPS) is 11.1. The fraction of sp³-hybridized carbons (Fsp3) is 0.500. The van der Waals surface area contributed by atoms with Crippen LogP contribution in [-0.2, 0) is 6.42 Å². The van der Waals surface area contributed by atoms with Crippen molar-refractivity contribution < 1.29 is 0 Å². The van der Waals surface area contributed by atoms with Crippen molar-refractivity contribution in [2.45, 2.75) is 45.4 Å². The molecular formula is C14H19NSe. The first-order valence-corrected chi connectivity index (χ1v) is 7.96. The summed E-state index contributed by atoms with van der Waals surface area (Å²) in [4.78, 5) is 4.71. The van der Waals surface area contributed by atoms with Gasteiger partial charge in [-0.05, 0) is 0 Å². The Bertz CT molecular complexity index is 400. The van der Waals surface area contributed by atoms with Crippen molar-refractivity contribution in [1.82, 2.24) is 4.98 Å².